The first-order chi connectivity index (χ1) is 16.8. The van der Waals surface area contributed by atoms with Crippen molar-refractivity contribution in [2.45, 2.75) is 0 Å². The Morgan fingerprint density at radius 2 is 1.21 bits per heavy atom. The Hall–Kier alpha value is -4.63. The van der Waals surface area contributed by atoms with E-state index in [1.807, 2.05) is 60.8 Å². The molecule has 6 aromatic rings. The largest absolute Gasteiger partial charge is 0.287 e. The number of aromatic nitrogens is 2. The second-order valence-corrected chi connectivity index (χ2v) is 8.57. The second-order valence-electron chi connectivity index (χ2n) is 8.57. The van der Waals surface area contributed by atoms with Crippen molar-refractivity contribution < 1.29 is 4.79 Å². The molecule has 1 aliphatic carbocycles. The van der Waals surface area contributed by atoms with Crippen LogP contribution in [0.1, 0.15) is 16.1 Å². The van der Waals surface area contributed by atoms with Gasteiger partial charge in [0.1, 0.15) is 5.69 Å². The number of hydrogen-bond donors (Lipinski definition) is 0. The van der Waals surface area contributed by atoms with E-state index in [1.54, 1.807) is 0 Å². The smallest absolute Gasteiger partial charge is 0.212 e. The molecule has 0 bridgehead atoms. The van der Waals surface area contributed by atoms with Crippen molar-refractivity contribution >= 4 is 27.5 Å². The van der Waals surface area contributed by atoms with Gasteiger partial charge in [0.25, 0.3) is 0 Å². The first kappa shape index (κ1) is 18.9. The Bertz CT molecular complexity index is 1760. The fourth-order valence-electron chi connectivity index (χ4n) is 5.07. The molecule has 2 aromatic heterocycles. The minimum atomic E-state index is -0.0471. The number of nitrogens with zero attached hydrogens (tertiary/aromatic N) is 2. The van der Waals surface area contributed by atoms with E-state index in [4.69, 9.17) is 4.98 Å². The summed E-state index contributed by atoms with van der Waals surface area (Å²) in [5.74, 6) is -0.0471. The van der Waals surface area contributed by atoms with Gasteiger partial charge in [0, 0.05) is 33.7 Å². The summed E-state index contributed by atoms with van der Waals surface area (Å²) in [6.45, 7) is 0. The predicted molar refractivity (Wildman–Crippen MR) is 137 cm³/mol. The molecule has 0 fully saturated rings. The van der Waals surface area contributed by atoms with Crippen molar-refractivity contribution in [2.75, 3.05) is 0 Å². The van der Waals surface area contributed by atoms with Crippen LogP contribution in [0.5, 0.6) is 0 Å². The van der Waals surface area contributed by atoms with Gasteiger partial charge in [-0.15, -0.1) is 0 Å². The lowest BCUT2D eigenvalue weighted by molar-refractivity contribution is 0.103. The van der Waals surface area contributed by atoms with Crippen LogP contribution in [-0.4, -0.2) is 15.8 Å². The van der Waals surface area contributed by atoms with E-state index in [-0.39, 0.29) is 5.78 Å². The fourth-order valence-corrected chi connectivity index (χ4v) is 5.07. The number of fused-ring (bicyclic) bond motifs is 4. The van der Waals surface area contributed by atoms with Crippen molar-refractivity contribution in [3.8, 4) is 33.5 Å². The fraction of sp³-hybridized carbons (Fsp3) is 0. The van der Waals surface area contributed by atoms with Crippen molar-refractivity contribution in [2.24, 2.45) is 0 Å². The van der Waals surface area contributed by atoms with Crippen LogP contribution in [0.15, 0.2) is 109 Å². The molecule has 0 N–H and O–H groups in total. The first-order valence-electron chi connectivity index (χ1n) is 11.3. The van der Waals surface area contributed by atoms with Crippen LogP contribution in [0.3, 0.4) is 0 Å². The average Bonchev–Trinajstić information content (AvgIpc) is 2.92. The highest BCUT2D eigenvalue weighted by atomic mass is 16.1. The Balaban J connectivity index is 1.66. The van der Waals surface area contributed by atoms with E-state index in [0.717, 1.165) is 55.2 Å². The van der Waals surface area contributed by atoms with Gasteiger partial charge in [0.15, 0.2) is 0 Å². The number of rotatable bonds is 2. The van der Waals surface area contributed by atoms with Gasteiger partial charge in [-0.25, -0.2) is 4.98 Å². The van der Waals surface area contributed by atoms with E-state index in [0.29, 0.717) is 11.3 Å². The highest BCUT2D eigenvalue weighted by Crippen LogP contribution is 2.42. The molecule has 3 nitrogen and oxygen atoms in total. The minimum absolute atomic E-state index is 0.0471. The molecule has 34 heavy (non-hydrogen) atoms. The van der Waals surface area contributed by atoms with Gasteiger partial charge in [-0.05, 0) is 40.3 Å². The van der Waals surface area contributed by atoms with Gasteiger partial charge >= 0.3 is 0 Å². The topological polar surface area (TPSA) is 42.9 Å². The number of carbonyl (C=O) groups is 1. The third-order valence-corrected chi connectivity index (χ3v) is 6.65. The lowest BCUT2D eigenvalue weighted by atomic mass is 9.86. The maximum atomic E-state index is 13.6. The molecule has 0 amide bonds. The molecule has 0 atom stereocenters. The normalized spacial score (nSPS) is 12.2. The van der Waals surface area contributed by atoms with Gasteiger partial charge in [0.2, 0.25) is 5.78 Å². The van der Waals surface area contributed by atoms with Crippen molar-refractivity contribution in [1.82, 2.24) is 9.97 Å². The Labute approximate surface area is 196 Å². The number of carbonyl (C=O) groups excluding carboxylic acids is 1. The van der Waals surface area contributed by atoms with Crippen LogP contribution in [0.25, 0.3) is 55.2 Å². The van der Waals surface area contributed by atoms with Crippen LogP contribution in [0.4, 0.5) is 0 Å². The monoisotopic (exact) mass is 434 g/mol. The quantitative estimate of drug-likeness (QED) is 0.268. The minimum Gasteiger partial charge on any atom is -0.287 e. The number of ketones is 1. The summed E-state index contributed by atoms with van der Waals surface area (Å²) in [6, 6.07) is 34.7. The maximum absolute atomic E-state index is 13.6. The van der Waals surface area contributed by atoms with Gasteiger partial charge in [-0.3, -0.25) is 9.78 Å². The van der Waals surface area contributed by atoms with Crippen LogP contribution in [-0.2, 0) is 0 Å². The molecule has 0 unspecified atom stereocenters. The number of hydrogen-bond acceptors (Lipinski definition) is 3. The summed E-state index contributed by atoms with van der Waals surface area (Å²) in [5.41, 5.74) is 8.00. The summed E-state index contributed by atoms with van der Waals surface area (Å²) in [6.07, 6.45) is 1.84. The van der Waals surface area contributed by atoms with Crippen molar-refractivity contribution in [1.29, 1.82) is 0 Å². The van der Waals surface area contributed by atoms with Crippen molar-refractivity contribution in [3.63, 3.8) is 0 Å². The molecule has 158 valence electrons. The first-order valence-corrected chi connectivity index (χ1v) is 11.3. The van der Waals surface area contributed by atoms with Crippen LogP contribution >= 0.6 is 0 Å². The van der Waals surface area contributed by atoms with Gasteiger partial charge < -0.3 is 0 Å². The number of benzene rings is 4. The van der Waals surface area contributed by atoms with Gasteiger partial charge in [-0.2, -0.15) is 0 Å². The zero-order valence-corrected chi connectivity index (χ0v) is 18.2. The van der Waals surface area contributed by atoms with Crippen LogP contribution in [0.2, 0.25) is 0 Å². The van der Waals surface area contributed by atoms with Crippen LogP contribution in [0, 0.1) is 0 Å². The van der Waals surface area contributed by atoms with E-state index in [9.17, 15) is 4.79 Å². The van der Waals surface area contributed by atoms with E-state index in [2.05, 4.69) is 53.5 Å². The zero-order chi connectivity index (χ0) is 22.6. The molecular weight excluding hydrogens is 416 g/mol. The predicted octanol–water partition coefficient (Wildman–Crippen LogP) is 7.33. The molecule has 0 saturated heterocycles. The maximum Gasteiger partial charge on any atom is 0.212 e. The molecular formula is C31H18N2O. The molecule has 0 aliphatic heterocycles. The molecule has 2 heterocycles. The Morgan fingerprint density at radius 1 is 0.529 bits per heavy atom. The number of pyridine rings is 2. The highest BCUT2D eigenvalue weighted by molar-refractivity contribution is 6.28. The molecule has 4 aromatic carbocycles. The lowest BCUT2D eigenvalue weighted by Crippen LogP contribution is -2.13. The molecule has 0 radical (unpaired) electrons. The zero-order valence-electron chi connectivity index (χ0n) is 18.2. The molecule has 0 spiro atoms. The highest BCUT2D eigenvalue weighted by Gasteiger charge is 2.29. The summed E-state index contributed by atoms with van der Waals surface area (Å²) in [5, 5.41) is 2.86. The molecule has 7 rings (SSSR count). The standard InChI is InChI=1S/C31H18N2O/c34-31-24-14-8-7-13-23(24)29-27-22(15-16-32-29)26-18-21(19-9-3-1-4-10-19)17-25(28(26)33-30(27)31)20-11-5-2-6-12-20/h1-18H. The summed E-state index contributed by atoms with van der Waals surface area (Å²) >= 11 is 0. The summed E-state index contributed by atoms with van der Waals surface area (Å²) < 4.78 is 0. The van der Waals surface area contributed by atoms with E-state index < -0.39 is 0 Å². The Kier molecular flexibility index (Phi) is 4.00. The van der Waals surface area contributed by atoms with E-state index >= 15 is 0 Å². The third-order valence-electron chi connectivity index (χ3n) is 6.65. The summed E-state index contributed by atoms with van der Waals surface area (Å²) in [4.78, 5) is 23.3. The third kappa shape index (κ3) is 2.67. The van der Waals surface area contributed by atoms with Gasteiger partial charge in [-0.1, -0.05) is 84.9 Å². The Morgan fingerprint density at radius 3 is 1.97 bits per heavy atom. The van der Waals surface area contributed by atoms with Crippen molar-refractivity contribution in [3.05, 3.63) is 121 Å². The molecule has 1 aliphatic rings. The molecule has 0 saturated carbocycles. The van der Waals surface area contributed by atoms with E-state index in [1.165, 1.54) is 0 Å². The SMILES string of the molecule is O=C1c2ccccc2-c2nccc3c2c1nc1c(-c2ccccc2)cc(-c2ccccc2)cc13. The lowest BCUT2D eigenvalue weighted by Gasteiger charge is -2.20. The van der Waals surface area contributed by atoms with Crippen LogP contribution < -0.4 is 0 Å². The van der Waals surface area contributed by atoms with Gasteiger partial charge in [0.05, 0.1) is 11.2 Å². The average molecular weight is 434 g/mol. The second kappa shape index (κ2) is 7.19. The molecule has 3 heteroatoms. The summed E-state index contributed by atoms with van der Waals surface area (Å²) in [7, 11) is 0.